The summed E-state index contributed by atoms with van der Waals surface area (Å²) in [5.41, 5.74) is 1.80. The van der Waals surface area contributed by atoms with E-state index in [4.69, 9.17) is 9.47 Å². The number of allylic oxidation sites excluding steroid dienone is 1. The van der Waals surface area contributed by atoms with Crippen LogP contribution in [0, 0.1) is 11.7 Å². The van der Waals surface area contributed by atoms with Gasteiger partial charge >= 0.3 is 12.1 Å². The normalized spacial score (nSPS) is 18.3. The Morgan fingerprint density at radius 2 is 1.80 bits per heavy atom. The fourth-order valence-corrected chi connectivity index (χ4v) is 3.67. The third-order valence-corrected chi connectivity index (χ3v) is 5.25. The lowest BCUT2D eigenvalue weighted by Crippen LogP contribution is -2.22. The number of ether oxygens (including phenoxy) is 2. The number of esters is 1. The second-order valence-electron chi connectivity index (χ2n) is 7.60. The average Bonchev–Trinajstić information content (AvgIpc) is 2.74. The van der Waals surface area contributed by atoms with Gasteiger partial charge in [-0.15, -0.1) is 0 Å². The quantitative estimate of drug-likeness (QED) is 0.473. The fraction of sp³-hybridized carbons (Fsp3) is 0.333. The van der Waals surface area contributed by atoms with Crippen molar-refractivity contribution in [3.63, 3.8) is 0 Å². The number of carbonyl (C=O) groups is 2. The molecule has 0 spiro atoms. The molecule has 158 valence electrons. The lowest BCUT2D eigenvalue weighted by molar-refractivity contribution is -0.145. The summed E-state index contributed by atoms with van der Waals surface area (Å²) in [7, 11) is 0. The Morgan fingerprint density at radius 3 is 2.43 bits per heavy atom. The summed E-state index contributed by atoms with van der Waals surface area (Å²) in [6.07, 6.45) is 2.25. The maximum Gasteiger partial charge on any atom is 0.412 e. The van der Waals surface area contributed by atoms with Gasteiger partial charge in [0.15, 0.2) is 0 Å². The summed E-state index contributed by atoms with van der Waals surface area (Å²) in [5.74, 6) is -0.307. The number of nitrogens with one attached hydrogen (secondary N) is 1. The summed E-state index contributed by atoms with van der Waals surface area (Å²) in [5, 5.41) is 2.45. The molecule has 0 aliphatic heterocycles. The number of benzene rings is 2. The summed E-state index contributed by atoms with van der Waals surface area (Å²) >= 11 is 0. The van der Waals surface area contributed by atoms with E-state index in [0.717, 1.165) is 24.0 Å². The Hall–Kier alpha value is -3.15. The van der Waals surface area contributed by atoms with Crippen molar-refractivity contribution in [2.45, 2.75) is 45.1 Å². The zero-order chi connectivity index (χ0) is 21.5. The molecule has 0 aromatic heterocycles. The summed E-state index contributed by atoms with van der Waals surface area (Å²) in [4.78, 5) is 24.0. The van der Waals surface area contributed by atoms with Crippen LogP contribution in [0.25, 0.3) is 0 Å². The molecule has 0 saturated heterocycles. The van der Waals surface area contributed by atoms with Crippen LogP contribution in [0.2, 0.25) is 0 Å². The molecule has 30 heavy (non-hydrogen) atoms. The smallest absolute Gasteiger partial charge is 0.412 e. The maximum absolute atomic E-state index is 14.5. The van der Waals surface area contributed by atoms with Crippen molar-refractivity contribution in [1.29, 1.82) is 0 Å². The molecule has 0 radical (unpaired) electrons. The first-order valence-corrected chi connectivity index (χ1v) is 10.1. The molecule has 6 heteroatoms. The van der Waals surface area contributed by atoms with E-state index in [9.17, 15) is 14.0 Å². The van der Waals surface area contributed by atoms with Crippen molar-refractivity contribution < 1.29 is 23.5 Å². The van der Waals surface area contributed by atoms with Crippen LogP contribution in [0.1, 0.15) is 49.7 Å². The maximum atomic E-state index is 14.5. The van der Waals surface area contributed by atoms with Crippen molar-refractivity contribution in [1.82, 2.24) is 0 Å². The van der Waals surface area contributed by atoms with Crippen LogP contribution in [0.15, 0.2) is 60.9 Å². The molecule has 0 unspecified atom stereocenters. The molecule has 1 fully saturated rings. The van der Waals surface area contributed by atoms with Gasteiger partial charge in [0.2, 0.25) is 0 Å². The van der Waals surface area contributed by atoms with E-state index in [1.54, 1.807) is 13.0 Å². The second-order valence-corrected chi connectivity index (χ2v) is 7.60. The highest BCUT2D eigenvalue weighted by molar-refractivity contribution is 5.84. The number of amides is 1. The first-order valence-electron chi connectivity index (χ1n) is 10.1. The molecule has 2 aromatic rings. The Morgan fingerprint density at radius 1 is 1.10 bits per heavy atom. The number of carbonyl (C=O) groups excluding carboxylic acids is 2. The summed E-state index contributed by atoms with van der Waals surface area (Å²) in [6.45, 7) is 5.36. The van der Waals surface area contributed by atoms with Crippen LogP contribution in [0.3, 0.4) is 0 Å². The van der Waals surface area contributed by atoms with Gasteiger partial charge in [-0.1, -0.05) is 43.0 Å². The second kappa shape index (κ2) is 10.1. The molecule has 0 bridgehead atoms. The van der Waals surface area contributed by atoms with Crippen LogP contribution in [-0.2, 0) is 20.9 Å². The molecule has 0 atom stereocenters. The highest BCUT2D eigenvalue weighted by atomic mass is 19.1. The monoisotopic (exact) mass is 411 g/mol. The van der Waals surface area contributed by atoms with Crippen LogP contribution in [-0.4, -0.2) is 12.1 Å². The lowest BCUT2D eigenvalue weighted by atomic mass is 9.78. The van der Waals surface area contributed by atoms with Gasteiger partial charge in [0.1, 0.15) is 12.4 Å². The summed E-state index contributed by atoms with van der Waals surface area (Å²) in [6, 6.07) is 14.1. The highest BCUT2D eigenvalue weighted by Crippen LogP contribution is 2.37. The third kappa shape index (κ3) is 5.92. The lowest BCUT2D eigenvalue weighted by Gasteiger charge is -2.27. The van der Waals surface area contributed by atoms with Crippen molar-refractivity contribution in [3.8, 4) is 0 Å². The Bertz CT molecular complexity index is 905. The number of hydrogen-bond acceptors (Lipinski definition) is 4. The van der Waals surface area contributed by atoms with Crippen molar-refractivity contribution in [2.24, 2.45) is 5.92 Å². The number of hydrogen-bond donors (Lipinski definition) is 1. The number of rotatable bonds is 6. The Kier molecular flexibility index (Phi) is 7.22. The SMILES string of the molecule is C=C(C)OC(=O)C1CCC(c2ccc(NC(=O)OCc3ccccc3)c(F)c2)CC1. The van der Waals surface area contributed by atoms with Crippen molar-refractivity contribution in [2.75, 3.05) is 5.32 Å². The summed E-state index contributed by atoms with van der Waals surface area (Å²) < 4.78 is 24.8. The molecule has 2 aromatic carbocycles. The first kappa shape index (κ1) is 21.6. The standard InChI is InChI=1S/C24H26FNO4/c1-16(2)30-23(27)19-10-8-18(9-11-19)20-12-13-22(21(25)14-20)26-24(28)29-15-17-6-4-3-5-7-17/h3-7,12-14,18-19H,1,8-11,15H2,2H3,(H,26,28). The first-order chi connectivity index (χ1) is 14.4. The van der Waals surface area contributed by atoms with Crippen LogP contribution < -0.4 is 5.32 Å². The van der Waals surface area contributed by atoms with Crippen LogP contribution >= 0.6 is 0 Å². The van der Waals surface area contributed by atoms with Crippen molar-refractivity contribution in [3.05, 3.63) is 77.8 Å². The van der Waals surface area contributed by atoms with E-state index in [1.165, 1.54) is 6.07 Å². The molecule has 1 aliphatic carbocycles. The van der Waals surface area contributed by atoms with Crippen LogP contribution in [0.5, 0.6) is 0 Å². The molecule has 1 N–H and O–H groups in total. The Labute approximate surface area is 175 Å². The van der Waals surface area contributed by atoms with E-state index in [-0.39, 0.29) is 30.1 Å². The minimum atomic E-state index is -0.706. The average molecular weight is 411 g/mol. The van der Waals surface area contributed by atoms with Crippen molar-refractivity contribution >= 4 is 17.7 Å². The molecule has 1 aliphatic rings. The molecule has 5 nitrogen and oxygen atoms in total. The van der Waals surface area contributed by atoms with Gasteiger partial charge in [0.05, 0.1) is 17.4 Å². The minimum absolute atomic E-state index is 0.0792. The van der Waals surface area contributed by atoms with Gasteiger partial charge in [0, 0.05) is 0 Å². The third-order valence-electron chi connectivity index (χ3n) is 5.25. The molecular weight excluding hydrogens is 385 g/mol. The predicted octanol–water partition coefficient (Wildman–Crippen LogP) is 5.93. The van der Waals surface area contributed by atoms with Gasteiger partial charge in [-0.05, 0) is 61.8 Å². The van der Waals surface area contributed by atoms with Gasteiger partial charge in [-0.2, -0.15) is 0 Å². The zero-order valence-corrected chi connectivity index (χ0v) is 17.0. The van der Waals surface area contributed by atoms with E-state index >= 15 is 0 Å². The van der Waals surface area contributed by atoms with Gasteiger partial charge in [-0.25, -0.2) is 9.18 Å². The largest absolute Gasteiger partial charge is 0.444 e. The van der Waals surface area contributed by atoms with Crippen LogP contribution in [0.4, 0.5) is 14.9 Å². The number of halogens is 1. The predicted molar refractivity (Wildman–Crippen MR) is 112 cm³/mol. The fourth-order valence-electron chi connectivity index (χ4n) is 3.67. The minimum Gasteiger partial charge on any atom is -0.444 e. The molecular formula is C24H26FNO4. The zero-order valence-electron chi connectivity index (χ0n) is 17.0. The number of anilines is 1. The molecule has 0 heterocycles. The van der Waals surface area contributed by atoms with Gasteiger partial charge < -0.3 is 9.47 Å². The van der Waals surface area contributed by atoms with E-state index < -0.39 is 11.9 Å². The topological polar surface area (TPSA) is 64.6 Å². The van der Waals surface area contributed by atoms with Gasteiger partial charge in [0.25, 0.3) is 0 Å². The highest BCUT2D eigenvalue weighted by Gasteiger charge is 2.28. The molecule has 1 saturated carbocycles. The molecule has 3 rings (SSSR count). The Balaban J connectivity index is 1.52. The molecule has 1 amide bonds. The van der Waals surface area contributed by atoms with Gasteiger partial charge in [-0.3, -0.25) is 10.1 Å². The van der Waals surface area contributed by atoms with E-state index in [1.807, 2.05) is 36.4 Å². The van der Waals surface area contributed by atoms with E-state index in [0.29, 0.717) is 18.6 Å². The van der Waals surface area contributed by atoms with E-state index in [2.05, 4.69) is 11.9 Å².